The molecule has 0 radical (unpaired) electrons. The molecule has 1 aliphatic rings. The summed E-state index contributed by atoms with van der Waals surface area (Å²) in [6, 6.07) is 8.73. The highest BCUT2D eigenvalue weighted by Gasteiger charge is 2.19. The Hall–Kier alpha value is -2.89. The minimum atomic E-state index is -0.671. The van der Waals surface area contributed by atoms with Crippen molar-refractivity contribution >= 4 is 5.71 Å². The molecule has 2 aromatic rings. The Kier molecular flexibility index (Phi) is 6.06. The zero-order valence-electron chi connectivity index (χ0n) is 15.6. The van der Waals surface area contributed by atoms with Crippen LogP contribution in [-0.2, 0) is 0 Å². The number of hydrogen-bond donors (Lipinski definition) is 2. The summed E-state index contributed by atoms with van der Waals surface area (Å²) in [5.74, 6) is -0.368. The number of rotatable bonds is 6. The summed E-state index contributed by atoms with van der Waals surface area (Å²) in [6.45, 7) is 2.45. The van der Waals surface area contributed by atoms with Crippen molar-refractivity contribution in [2.24, 2.45) is 4.99 Å². The van der Waals surface area contributed by atoms with Crippen molar-refractivity contribution in [1.29, 1.82) is 0 Å². The van der Waals surface area contributed by atoms with Crippen LogP contribution >= 0.6 is 0 Å². The molecule has 1 aromatic carbocycles. The van der Waals surface area contributed by atoms with Gasteiger partial charge in [0.2, 0.25) is 5.88 Å². The number of aromatic hydroxyl groups is 1. The van der Waals surface area contributed by atoms with Gasteiger partial charge in [0.15, 0.2) is 0 Å². The summed E-state index contributed by atoms with van der Waals surface area (Å²) in [4.78, 5) is 31.5. The number of para-hydroxylation sites is 1. The molecule has 0 bridgehead atoms. The van der Waals surface area contributed by atoms with E-state index in [0.29, 0.717) is 24.4 Å². The normalized spacial score (nSPS) is 14.9. The van der Waals surface area contributed by atoms with E-state index in [4.69, 9.17) is 0 Å². The number of nitrogens with zero attached hydrogens (tertiary/aromatic N) is 2. The molecule has 0 saturated carbocycles. The molecule has 2 N–H and O–H groups in total. The molecule has 1 heterocycles. The Labute approximate surface area is 157 Å². The van der Waals surface area contributed by atoms with Gasteiger partial charge in [0.1, 0.15) is 5.56 Å². The Balaban J connectivity index is 1.96. The number of aliphatic imine (C=N–C) groups is 1. The molecule has 0 unspecified atom stereocenters. The molecular weight excluding hydrogens is 342 g/mol. The molecule has 0 aliphatic heterocycles. The SMILES string of the molecule is CCC(=NCCC1=CCCCC1)c1c(O)n(-c2ccccc2)c(=O)[nH]c1=O. The maximum atomic E-state index is 12.4. The van der Waals surface area contributed by atoms with Gasteiger partial charge in [0, 0.05) is 6.54 Å². The fraction of sp³-hybridized carbons (Fsp3) is 0.381. The number of benzene rings is 1. The standard InChI is InChI=1S/C21H25N3O3/c1-2-17(22-14-13-15-9-5-3-6-10-15)18-19(25)23-21(27)24(20(18)26)16-11-7-4-8-12-16/h4,7-9,11-12,26H,2-3,5-6,10,13-14H2,1H3,(H,23,25,27). The van der Waals surface area contributed by atoms with Gasteiger partial charge in [0.05, 0.1) is 11.4 Å². The summed E-state index contributed by atoms with van der Waals surface area (Å²) in [5, 5.41) is 10.7. The number of H-pyrrole nitrogens is 1. The monoisotopic (exact) mass is 367 g/mol. The van der Waals surface area contributed by atoms with Crippen molar-refractivity contribution in [1.82, 2.24) is 9.55 Å². The van der Waals surface area contributed by atoms with E-state index in [1.807, 2.05) is 13.0 Å². The van der Waals surface area contributed by atoms with Crippen LogP contribution in [0.25, 0.3) is 5.69 Å². The lowest BCUT2D eigenvalue weighted by Gasteiger charge is -2.13. The second-order valence-electron chi connectivity index (χ2n) is 6.67. The van der Waals surface area contributed by atoms with Gasteiger partial charge in [-0.2, -0.15) is 0 Å². The largest absolute Gasteiger partial charge is 0.493 e. The molecule has 142 valence electrons. The van der Waals surface area contributed by atoms with E-state index in [1.165, 1.54) is 18.4 Å². The lowest BCUT2D eigenvalue weighted by molar-refractivity contribution is 0.429. The first kappa shape index (κ1) is 18.9. The molecule has 1 aliphatic carbocycles. The second kappa shape index (κ2) is 8.66. The summed E-state index contributed by atoms with van der Waals surface area (Å²) in [5.41, 5.74) is 1.19. The van der Waals surface area contributed by atoms with Gasteiger partial charge >= 0.3 is 5.69 Å². The highest BCUT2D eigenvalue weighted by Crippen LogP contribution is 2.21. The highest BCUT2D eigenvalue weighted by atomic mass is 16.3. The molecule has 6 nitrogen and oxygen atoms in total. The van der Waals surface area contributed by atoms with Gasteiger partial charge in [-0.25, -0.2) is 9.36 Å². The molecule has 0 amide bonds. The van der Waals surface area contributed by atoms with Gasteiger partial charge in [-0.3, -0.25) is 14.8 Å². The van der Waals surface area contributed by atoms with E-state index in [1.54, 1.807) is 24.3 Å². The Morgan fingerprint density at radius 1 is 1.22 bits per heavy atom. The maximum Gasteiger partial charge on any atom is 0.335 e. The molecule has 0 saturated heterocycles. The van der Waals surface area contributed by atoms with E-state index in [-0.39, 0.29) is 11.4 Å². The average molecular weight is 367 g/mol. The number of aromatic nitrogens is 2. The van der Waals surface area contributed by atoms with Crippen molar-refractivity contribution in [3.63, 3.8) is 0 Å². The highest BCUT2D eigenvalue weighted by molar-refractivity contribution is 6.02. The Morgan fingerprint density at radius 2 is 2.00 bits per heavy atom. The molecule has 6 heteroatoms. The number of aromatic amines is 1. The molecule has 0 spiro atoms. The van der Waals surface area contributed by atoms with Crippen LogP contribution in [0.1, 0.15) is 51.0 Å². The minimum absolute atomic E-state index is 0.0681. The second-order valence-corrected chi connectivity index (χ2v) is 6.67. The fourth-order valence-electron chi connectivity index (χ4n) is 3.44. The van der Waals surface area contributed by atoms with Crippen LogP contribution in [0.2, 0.25) is 0 Å². The third-order valence-corrected chi connectivity index (χ3v) is 4.84. The van der Waals surface area contributed by atoms with Crippen LogP contribution < -0.4 is 11.2 Å². The third kappa shape index (κ3) is 4.27. The molecule has 0 fully saturated rings. The first-order chi connectivity index (χ1) is 13.1. The van der Waals surface area contributed by atoms with E-state index < -0.39 is 11.2 Å². The van der Waals surface area contributed by atoms with Crippen LogP contribution in [0.5, 0.6) is 5.88 Å². The first-order valence-corrected chi connectivity index (χ1v) is 9.47. The summed E-state index contributed by atoms with van der Waals surface area (Å²) in [7, 11) is 0. The van der Waals surface area contributed by atoms with Crippen molar-refractivity contribution in [3.05, 3.63) is 68.4 Å². The van der Waals surface area contributed by atoms with Crippen molar-refractivity contribution < 1.29 is 5.11 Å². The van der Waals surface area contributed by atoms with Gasteiger partial charge in [-0.05, 0) is 50.7 Å². The predicted octanol–water partition coefficient (Wildman–Crippen LogP) is 3.32. The maximum absolute atomic E-state index is 12.4. The van der Waals surface area contributed by atoms with Crippen LogP contribution in [0.4, 0.5) is 0 Å². The summed E-state index contributed by atoms with van der Waals surface area (Å²) >= 11 is 0. The van der Waals surface area contributed by atoms with Gasteiger partial charge in [-0.1, -0.05) is 36.8 Å². The summed E-state index contributed by atoms with van der Waals surface area (Å²) in [6.07, 6.45) is 8.34. The van der Waals surface area contributed by atoms with Crippen molar-refractivity contribution in [2.45, 2.75) is 45.4 Å². The molecule has 0 atom stereocenters. The van der Waals surface area contributed by atoms with E-state index in [2.05, 4.69) is 16.1 Å². The zero-order chi connectivity index (χ0) is 19.2. The van der Waals surface area contributed by atoms with Gasteiger partial charge < -0.3 is 5.11 Å². The van der Waals surface area contributed by atoms with Crippen LogP contribution in [0, 0.1) is 0 Å². The lowest BCUT2D eigenvalue weighted by atomic mass is 9.97. The topological polar surface area (TPSA) is 87.4 Å². The Bertz CT molecular complexity index is 968. The van der Waals surface area contributed by atoms with E-state index in [9.17, 15) is 14.7 Å². The zero-order valence-corrected chi connectivity index (χ0v) is 15.6. The molecular formula is C21H25N3O3. The van der Waals surface area contributed by atoms with Crippen LogP contribution in [0.15, 0.2) is 56.6 Å². The van der Waals surface area contributed by atoms with Crippen LogP contribution in [0.3, 0.4) is 0 Å². The fourth-order valence-corrected chi connectivity index (χ4v) is 3.44. The van der Waals surface area contributed by atoms with Crippen molar-refractivity contribution in [2.75, 3.05) is 6.54 Å². The molecule has 3 rings (SSSR count). The number of hydrogen-bond acceptors (Lipinski definition) is 4. The lowest BCUT2D eigenvalue weighted by Crippen LogP contribution is -2.33. The Morgan fingerprint density at radius 3 is 2.67 bits per heavy atom. The third-order valence-electron chi connectivity index (χ3n) is 4.84. The van der Waals surface area contributed by atoms with Crippen LogP contribution in [-0.4, -0.2) is 26.9 Å². The first-order valence-electron chi connectivity index (χ1n) is 9.47. The van der Waals surface area contributed by atoms with E-state index >= 15 is 0 Å². The summed E-state index contributed by atoms with van der Waals surface area (Å²) < 4.78 is 1.10. The average Bonchev–Trinajstić information content (AvgIpc) is 2.68. The van der Waals surface area contributed by atoms with Gasteiger partial charge in [0.25, 0.3) is 5.56 Å². The van der Waals surface area contributed by atoms with Crippen molar-refractivity contribution in [3.8, 4) is 11.6 Å². The smallest absolute Gasteiger partial charge is 0.335 e. The van der Waals surface area contributed by atoms with Gasteiger partial charge in [-0.15, -0.1) is 0 Å². The number of allylic oxidation sites excluding steroid dienone is 1. The molecule has 27 heavy (non-hydrogen) atoms. The minimum Gasteiger partial charge on any atom is -0.493 e. The van der Waals surface area contributed by atoms with E-state index in [0.717, 1.165) is 23.8 Å². The molecule has 1 aromatic heterocycles. The predicted molar refractivity (Wildman–Crippen MR) is 107 cm³/mol. The quantitative estimate of drug-likeness (QED) is 0.606. The number of nitrogens with one attached hydrogen (secondary N) is 1.